The molecule has 112 valence electrons. The molecule has 6 heteroatoms. The maximum atomic E-state index is 4.93. The van der Waals surface area contributed by atoms with Gasteiger partial charge in [-0.05, 0) is 32.4 Å². The van der Waals surface area contributed by atoms with E-state index >= 15 is 0 Å². The summed E-state index contributed by atoms with van der Waals surface area (Å²) in [5.41, 5.74) is 2.50. The molecule has 0 radical (unpaired) electrons. The zero-order valence-corrected chi connectivity index (χ0v) is 12.4. The first-order valence-corrected chi connectivity index (χ1v) is 7.84. The molecule has 2 N–H and O–H groups in total. The fraction of sp³-hybridized carbons (Fsp3) is 0.600. The molecule has 0 bridgehead atoms. The van der Waals surface area contributed by atoms with Crippen molar-refractivity contribution >= 4 is 5.82 Å². The lowest BCUT2D eigenvalue weighted by Gasteiger charge is -2.24. The third-order valence-corrected chi connectivity index (χ3v) is 4.64. The lowest BCUT2D eigenvalue weighted by Crippen LogP contribution is -2.27. The van der Waals surface area contributed by atoms with Crippen molar-refractivity contribution in [3.63, 3.8) is 0 Å². The van der Waals surface area contributed by atoms with E-state index in [1.165, 1.54) is 24.1 Å². The van der Waals surface area contributed by atoms with Gasteiger partial charge in [-0.1, -0.05) is 0 Å². The number of aryl methyl sites for hydroxylation is 1. The molecule has 0 spiro atoms. The monoisotopic (exact) mass is 286 g/mol. The van der Waals surface area contributed by atoms with E-state index in [4.69, 9.17) is 5.10 Å². The van der Waals surface area contributed by atoms with Crippen LogP contribution in [0.5, 0.6) is 0 Å². The number of aromatic nitrogens is 4. The summed E-state index contributed by atoms with van der Waals surface area (Å²) in [6, 6.07) is 2.56. The van der Waals surface area contributed by atoms with Gasteiger partial charge in [-0.3, -0.25) is 4.68 Å². The highest BCUT2D eigenvalue weighted by molar-refractivity contribution is 5.42. The first-order valence-electron chi connectivity index (χ1n) is 7.84. The zero-order chi connectivity index (χ0) is 14.2. The molecular weight excluding hydrogens is 264 g/mol. The molecule has 4 rings (SSSR count). The van der Waals surface area contributed by atoms with E-state index in [1.807, 2.05) is 17.9 Å². The Balaban J connectivity index is 1.66. The van der Waals surface area contributed by atoms with Gasteiger partial charge in [0.1, 0.15) is 5.82 Å². The highest BCUT2D eigenvalue weighted by Gasteiger charge is 2.26. The van der Waals surface area contributed by atoms with Gasteiger partial charge in [0.15, 0.2) is 0 Å². The number of rotatable bonds is 2. The molecule has 6 nitrogen and oxygen atoms in total. The highest BCUT2D eigenvalue weighted by Crippen LogP contribution is 2.33. The van der Waals surface area contributed by atoms with Gasteiger partial charge >= 0.3 is 0 Å². The molecule has 2 aromatic heterocycles. The van der Waals surface area contributed by atoms with Crippen molar-refractivity contribution in [1.29, 1.82) is 0 Å². The van der Waals surface area contributed by atoms with Gasteiger partial charge in [0.2, 0.25) is 0 Å². The SMILES string of the molecule is Cn1cc(C2CCNc3cc(C4CCNCC4)nn32)cn1. The van der Waals surface area contributed by atoms with Crippen molar-refractivity contribution in [2.45, 2.75) is 31.2 Å². The van der Waals surface area contributed by atoms with E-state index in [2.05, 4.69) is 32.7 Å². The minimum absolute atomic E-state index is 0.311. The number of nitrogens with zero attached hydrogens (tertiary/aromatic N) is 4. The van der Waals surface area contributed by atoms with Crippen LogP contribution in [-0.4, -0.2) is 39.2 Å². The molecule has 0 aliphatic carbocycles. The van der Waals surface area contributed by atoms with Crippen LogP contribution in [-0.2, 0) is 7.05 Å². The van der Waals surface area contributed by atoms with Crippen molar-refractivity contribution in [2.24, 2.45) is 7.05 Å². The summed E-state index contributed by atoms with van der Waals surface area (Å²) in [4.78, 5) is 0. The van der Waals surface area contributed by atoms with Crippen LogP contribution in [0.25, 0.3) is 0 Å². The summed E-state index contributed by atoms with van der Waals surface area (Å²) < 4.78 is 4.03. The number of hydrogen-bond acceptors (Lipinski definition) is 4. The molecule has 2 aliphatic rings. The first kappa shape index (κ1) is 12.9. The van der Waals surface area contributed by atoms with Crippen LogP contribution < -0.4 is 10.6 Å². The Morgan fingerprint density at radius 1 is 1.19 bits per heavy atom. The van der Waals surface area contributed by atoms with Crippen LogP contribution in [0.4, 0.5) is 5.82 Å². The summed E-state index contributed by atoms with van der Waals surface area (Å²) in [6.07, 6.45) is 7.51. The molecule has 1 fully saturated rings. The van der Waals surface area contributed by atoms with Crippen LogP contribution in [0.1, 0.15) is 42.5 Å². The Bertz CT molecular complexity index is 622. The van der Waals surface area contributed by atoms with Crippen LogP contribution in [0.2, 0.25) is 0 Å². The Morgan fingerprint density at radius 3 is 2.81 bits per heavy atom. The molecule has 1 atom stereocenters. The van der Waals surface area contributed by atoms with E-state index in [0.717, 1.165) is 31.9 Å². The predicted octanol–water partition coefficient (Wildman–Crippen LogP) is 1.49. The van der Waals surface area contributed by atoms with Crippen molar-refractivity contribution in [3.05, 3.63) is 29.7 Å². The summed E-state index contributed by atoms with van der Waals surface area (Å²) in [5.74, 6) is 1.75. The van der Waals surface area contributed by atoms with Crippen molar-refractivity contribution in [1.82, 2.24) is 24.9 Å². The lowest BCUT2D eigenvalue weighted by atomic mass is 9.95. The number of hydrogen-bond donors (Lipinski definition) is 2. The quantitative estimate of drug-likeness (QED) is 0.878. The van der Waals surface area contributed by atoms with Crippen LogP contribution in [0, 0.1) is 0 Å². The summed E-state index contributed by atoms with van der Waals surface area (Å²) in [6.45, 7) is 3.20. The maximum Gasteiger partial charge on any atom is 0.125 e. The molecule has 21 heavy (non-hydrogen) atoms. The van der Waals surface area contributed by atoms with Crippen LogP contribution in [0.3, 0.4) is 0 Å². The molecule has 1 saturated heterocycles. The Labute approximate surface area is 124 Å². The lowest BCUT2D eigenvalue weighted by molar-refractivity contribution is 0.434. The average Bonchev–Trinajstić information content (AvgIpc) is 3.14. The Hall–Kier alpha value is -1.82. The summed E-state index contributed by atoms with van der Waals surface area (Å²) in [7, 11) is 1.97. The maximum absolute atomic E-state index is 4.93. The van der Waals surface area contributed by atoms with E-state index in [9.17, 15) is 0 Å². The van der Waals surface area contributed by atoms with Crippen molar-refractivity contribution < 1.29 is 0 Å². The van der Waals surface area contributed by atoms with Gasteiger partial charge in [0.05, 0.1) is 17.9 Å². The average molecular weight is 286 g/mol. The molecule has 0 amide bonds. The van der Waals surface area contributed by atoms with Gasteiger partial charge in [0.25, 0.3) is 0 Å². The van der Waals surface area contributed by atoms with Gasteiger partial charge in [-0.15, -0.1) is 0 Å². The predicted molar refractivity (Wildman–Crippen MR) is 81.5 cm³/mol. The molecule has 4 heterocycles. The first-order chi connectivity index (χ1) is 10.3. The number of anilines is 1. The van der Waals surface area contributed by atoms with E-state index < -0.39 is 0 Å². The molecule has 2 aromatic rings. The largest absolute Gasteiger partial charge is 0.370 e. The fourth-order valence-corrected chi connectivity index (χ4v) is 3.48. The molecular formula is C15H22N6. The van der Waals surface area contributed by atoms with E-state index in [0.29, 0.717) is 12.0 Å². The molecule has 0 aromatic carbocycles. The second-order valence-electron chi connectivity index (χ2n) is 6.10. The Morgan fingerprint density at radius 2 is 2.05 bits per heavy atom. The highest BCUT2D eigenvalue weighted by atomic mass is 15.4. The van der Waals surface area contributed by atoms with Gasteiger partial charge in [-0.2, -0.15) is 10.2 Å². The summed E-state index contributed by atoms with van der Waals surface area (Å²) >= 11 is 0. The summed E-state index contributed by atoms with van der Waals surface area (Å²) in [5, 5.41) is 16.1. The molecule has 2 aliphatic heterocycles. The van der Waals surface area contributed by atoms with Gasteiger partial charge < -0.3 is 10.6 Å². The topological polar surface area (TPSA) is 59.7 Å². The fourth-order valence-electron chi connectivity index (χ4n) is 3.48. The number of fused-ring (bicyclic) bond motifs is 1. The van der Waals surface area contributed by atoms with E-state index in [1.54, 1.807) is 0 Å². The van der Waals surface area contributed by atoms with Crippen molar-refractivity contribution in [3.8, 4) is 0 Å². The van der Waals surface area contributed by atoms with Gasteiger partial charge in [-0.25, -0.2) is 4.68 Å². The standard InChI is InChI=1S/C15H22N6/c1-20-10-12(9-18-20)14-4-7-17-15-8-13(19-21(14)15)11-2-5-16-6-3-11/h8-11,14,16-17H,2-7H2,1H3. The van der Waals surface area contributed by atoms with Crippen molar-refractivity contribution in [2.75, 3.05) is 25.0 Å². The Kier molecular flexibility index (Phi) is 3.18. The van der Waals surface area contributed by atoms with Gasteiger partial charge in [0, 0.05) is 37.3 Å². The second-order valence-corrected chi connectivity index (χ2v) is 6.10. The third-order valence-electron chi connectivity index (χ3n) is 4.64. The molecule has 1 unspecified atom stereocenters. The normalized spacial score (nSPS) is 22.8. The van der Waals surface area contributed by atoms with Crippen LogP contribution >= 0.6 is 0 Å². The van der Waals surface area contributed by atoms with Crippen LogP contribution in [0.15, 0.2) is 18.5 Å². The molecule has 0 saturated carbocycles. The number of nitrogens with one attached hydrogen (secondary N) is 2. The third kappa shape index (κ3) is 2.33. The zero-order valence-electron chi connectivity index (χ0n) is 12.4. The minimum atomic E-state index is 0.311. The number of piperidine rings is 1. The minimum Gasteiger partial charge on any atom is -0.370 e. The smallest absolute Gasteiger partial charge is 0.125 e. The van der Waals surface area contributed by atoms with E-state index in [-0.39, 0.29) is 0 Å². The second kappa shape index (κ2) is 5.18.